The van der Waals surface area contributed by atoms with Crippen molar-refractivity contribution in [2.45, 2.75) is 18.9 Å². The van der Waals surface area contributed by atoms with Gasteiger partial charge in [-0.25, -0.2) is 0 Å². The van der Waals surface area contributed by atoms with E-state index in [2.05, 4.69) is 10.2 Å². The average Bonchev–Trinajstić information content (AvgIpc) is 2.74. The summed E-state index contributed by atoms with van der Waals surface area (Å²) in [4.78, 5) is 17.4. The first-order chi connectivity index (χ1) is 13.6. The highest BCUT2D eigenvalue weighted by molar-refractivity contribution is 5.85. The number of hydrogen-bond acceptors (Lipinski definition) is 6. The fourth-order valence-electron chi connectivity index (χ4n) is 4.13. The van der Waals surface area contributed by atoms with Gasteiger partial charge >= 0.3 is 0 Å². The second-order valence-electron chi connectivity index (χ2n) is 7.83. The molecule has 2 N–H and O–H groups in total. The van der Waals surface area contributed by atoms with Gasteiger partial charge in [0.15, 0.2) is 0 Å². The van der Waals surface area contributed by atoms with Gasteiger partial charge in [-0.3, -0.25) is 9.69 Å². The van der Waals surface area contributed by atoms with E-state index in [1.165, 1.54) is 0 Å². The minimum absolute atomic E-state index is 0. The van der Waals surface area contributed by atoms with Gasteiger partial charge in [-0.1, -0.05) is 18.2 Å². The summed E-state index contributed by atoms with van der Waals surface area (Å²) in [7, 11) is 1.67. The number of piperidine rings is 1. The summed E-state index contributed by atoms with van der Waals surface area (Å²) >= 11 is 0. The number of aliphatic hydroxyl groups excluding tert-OH is 1. The highest BCUT2D eigenvalue weighted by Gasteiger charge is 2.42. The van der Waals surface area contributed by atoms with Gasteiger partial charge in [-0.05, 0) is 38.1 Å². The molecule has 0 aliphatic carbocycles. The number of nitrogens with zero attached hydrogens (tertiary/aromatic N) is 2. The maximum absolute atomic E-state index is 13.2. The first kappa shape index (κ1) is 26.9. The Balaban J connectivity index is 0.00000225. The van der Waals surface area contributed by atoms with Gasteiger partial charge in [0.1, 0.15) is 18.5 Å². The third-order valence-corrected chi connectivity index (χ3v) is 5.75. The number of carbonyl (C=O) groups excluding carboxylic acids is 1. The molecule has 3 rings (SSSR count). The summed E-state index contributed by atoms with van der Waals surface area (Å²) < 4.78 is 11.0. The normalized spacial score (nSPS) is 19.9. The predicted octanol–water partition coefficient (Wildman–Crippen LogP) is 1.43. The minimum atomic E-state index is -0.549. The van der Waals surface area contributed by atoms with E-state index in [0.717, 1.165) is 44.8 Å². The molecule has 0 radical (unpaired) electrons. The Morgan fingerprint density at radius 1 is 1.13 bits per heavy atom. The summed E-state index contributed by atoms with van der Waals surface area (Å²) in [6.45, 7) is 5.99. The van der Waals surface area contributed by atoms with Gasteiger partial charge in [-0.15, -0.1) is 24.8 Å². The lowest BCUT2D eigenvalue weighted by Gasteiger charge is -2.43. The van der Waals surface area contributed by atoms with Crippen LogP contribution in [0.25, 0.3) is 0 Å². The lowest BCUT2D eigenvalue weighted by molar-refractivity contribution is -0.149. The highest BCUT2D eigenvalue weighted by atomic mass is 35.5. The van der Waals surface area contributed by atoms with Crippen molar-refractivity contribution in [2.75, 3.05) is 66.1 Å². The van der Waals surface area contributed by atoms with Crippen molar-refractivity contribution in [3.05, 3.63) is 30.3 Å². The van der Waals surface area contributed by atoms with Crippen LogP contribution in [0.5, 0.6) is 5.75 Å². The zero-order valence-corrected chi connectivity index (χ0v) is 19.3. The second-order valence-corrected chi connectivity index (χ2v) is 7.83. The lowest BCUT2D eigenvalue weighted by atomic mass is 9.78. The fraction of sp³-hybridized carbons (Fsp3) is 0.667. The van der Waals surface area contributed by atoms with Crippen molar-refractivity contribution in [1.29, 1.82) is 0 Å². The third kappa shape index (κ3) is 7.25. The zero-order chi connectivity index (χ0) is 19.8. The quantitative estimate of drug-likeness (QED) is 0.607. The van der Waals surface area contributed by atoms with E-state index in [0.29, 0.717) is 26.2 Å². The monoisotopic (exact) mass is 463 g/mol. The SMILES string of the molecule is COCC1(C(=O)N2CCN(CC(O)COc3ccccc3)CC2)CCNCC1.Cl.Cl. The average molecular weight is 464 g/mol. The van der Waals surface area contributed by atoms with Crippen molar-refractivity contribution in [3.8, 4) is 5.75 Å². The smallest absolute Gasteiger partial charge is 0.231 e. The summed E-state index contributed by atoms with van der Waals surface area (Å²) in [5.41, 5.74) is -0.384. The highest BCUT2D eigenvalue weighted by Crippen LogP contribution is 2.32. The Hall–Kier alpha value is -1.09. The van der Waals surface area contributed by atoms with Crippen LogP contribution in [0.3, 0.4) is 0 Å². The summed E-state index contributed by atoms with van der Waals surface area (Å²) in [6.07, 6.45) is 1.11. The van der Waals surface area contributed by atoms with Gasteiger partial charge in [0.25, 0.3) is 0 Å². The van der Waals surface area contributed by atoms with Crippen molar-refractivity contribution in [2.24, 2.45) is 5.41 Å². The zero-order valence-electron chi connectivity index (χ0n) is 17.6. The summed E-state index contributed by atoms with van der Waals surface area (Å²) in [5, 5.41) is 13.6. The molecular formula is C21H35Cl2N3O4. The number of benzene rings is 1. The summed E-state index contributed by atoms with van der Waals surface area (Å²) in [5.74, 6) is 0.992. The third-order valence-electron chi connectivity index (χ3n) is 5.75. The molecule has 7 nitrogen and oxygen atoms in total. The van der Waals surface area contributed by atoms with Gasteiger partial charge in [0.2, 0.25) is 5.91 Å². The first-order valence-corrected chi connectivity index (χ1v) is 10.2. The van der Waals surface area contributed by atoms with E-state index in [1.54, 1.807) is 7.11 Å². The van der Waals surface area contributed by atoms with E-state index < -0.39 is 6.10 Å². The van der Waals surface area contributed by atoms with Crippen LogP contribution < -0.4 is 10.1 Å². The molecule has 0 bridgehead atoms. The second kappa shape index (κ2) is 13.3. The van der Waals surface area contributed by atoms with E-state index in [-0.39, 0.29) is 42.7 Å². The molecule has 1 amide bonds. The van der Waals surface area contributed by atoms with E-state index >= 15 is 0 Å². The molecule has 1 unspecified atom stereocenters. The van der Waals surface area contributed by atoms with E-state index in [9.17, 15) is 9.90 Å². The molecule has 2 aliphatic rings. The van der Waals surface area contributed by atoms with Crippen molar-refractivity contribution in [3.63, 3.8) is 0 Å². The van der Waals surface area contributed by atoms with Crippen LogP contribution in [-0.4, -0.2) is 93.1 Å². The number of nitrogens with one attached hydrogen (secondary N) is 1. The van der Waals surface area contributed by atoms with Crippen LogP contribution in [0, 0.1) is 5.41 Å². The topological polar surface area (TPSA) is 74.3 Å². The molecule has 1 aromatic carbocycles. The molecule has 9 heteroatoms. The molecule has 2 fully saturated rings. The molecule has 1 atom stereocenters. The minimum Gasteiger partial charge on any atom is -0.491 e. The van der Waals surface area contributed by atoms with Crippen LogP contribution in [0.2, 0.25) is 0 Å². The number of halogens is 2. The van der Waals surface area contributed by atoms with Gasteiger partial charge in [0.05, 0.1) is 12.0 Å². The number of ether oxygens (including phenoxy) is 2. The number of carbonyl (C=O) groups is 1. The molecule has 172 valence electrons. The largest absolute Gasteiger partial charge is 0.491 e. The van der Waals surface area contributed by atoms with Crippen LogP contribution >= 0.6 is 24.8 Å². The van der Waals surface area contributed by atoms with Crippen molar-refractivity contribution >= 4 is 30.7 Å². The standard InChI is InChI=1S/C21H33N3O4.2ClH/c1-27-17-21(7-9-22-10-8-21)20(26)24-13-11-23(12-14-24)15-18(25)16-28-19-5-3-2-4-6-19;;/h2-6,18,22,25H,7-17H2,1H3;2*1H. The van der Waals surface area contributed by atoms with Crippen molar-refractivity contribution in [1.82, 2.24) is 15.1 Å². The molecule has 0 saturated carbocycles. The molecule has 0 spiro atoms. The number of amides is 1. The fourth-order valence-corrected chi connectivity index (χ4v) is 4.13. The van der Waals surface area contributed by atoms with Gasteiger partial charge in [-0.2, -0.15) is 0 Å². The number of β-amino-alcohol motifs (C(OH)–C–C–N with tert-alkyl or cyclic N) is 1. The van der Waals surface area contributed by atoms with Crippen LogP contribution in [0.15, 0.2) is 30.3 Å². The maximum Gasteiger partial charge on any atom is 0.231 e. The molecule has 2 heterocycles. The Bertz CT molecular complexity index is 604. The Morgan fingerprint density at radius 3 is 2.37 bits per heavy atom. The number of aliphatic hydroxyl groups is 1. The number of para-hydroxylation sites is 1. The molecule has 0 aromatic heterocycles. The number of hydrogen-bond donors (Lipinski definition) is 2. The first-order valence-electron chi connectivity index (χ1n) is 10.2. The van der Waals surface area contributed by atoms with E-state index in [1.807, 2.05) is 35.2 Å². The Labute approximate surface area is 191 Å². The lowest BCUT2D eigenvalue weighted by Crippen LogP contribution is -2.57. The van der Waals surface area contributed by atoms with E-state index in [4.69, 9.17) is 9.47 Å². The molecule has 30 heavy (non-hydrogen) atoms. The molecule has 1 aromatic rings. The van der Waals surface area contributed by atoms with Crippen LogP contribution in [0.1, 0.15) is 12.8 Å². The van der Waals surface area contributed by atoms with Gasteiger partial charge in [0, 0.05) is 39.8 Å². The predicted molar refractivity (Wildman–Crippen MR) is 122 cm³/mol. The van der Waals surface area contributed by atoms with Gasteiger partial charge < -0.3 is 24.8 Å². The van der Waals surface area contributed by atoms with Crippen LogP contribution in [0.4, 0.5) is 0 Å². The van der Waals surface area contributed by atoms with Crippen LogP contribution in [-0.2, 0) is 9.53 Å². The molecular weight excluding hydrogens is 429 g/mol. The number of piperazine rings is 1. The molecule has 2 aliphatic heterocycles. The Morgan fingerprint density at radius 2 is 1.77 bits per heavy atom. The molecule has 2 saturated heterocycles. The number of rotatable bonds is 8. The summed E-state index contributed by atoms with van der Waals surface area (Å²) in [6, 6.07) is 9.53. The Kier molecular flexibility index (Phi) is 12.0. The number of methoxy groups -OCH3 is 1. The maximum atomic E-state index is 13.2. The van der Waals surface area contributed by atoms with Crippen molar-refractivity contribution < 1.29 is 19.4 Å².